The van der Waals surface area contributed by atoms with Crippen LogP contribution >= 0.6 is 0 Å². The maximum atomic E-state index is 13.2. The number of hydrogen-bond donors (Lipinski definition) is 10. The van der Waals surface area contributed by atoms with Crippen molar-refractivity contribution in [3.8, 4) is 34.3 Å². The van der Waals surface area contributed by atoms with Crippen LogP contribution in [0.4, 0.5) is 0 Å². The summed E-state index contributed by atoms with van der Waals surface area (Å²) in [5.41, 5.74) is -1.40. The number of phenols is 3. The number of fused-ring (bicyclic) bond motifs is 1. The van der Waals surface area contributed by atoms with Gasteiger partial charge in [-0.05, 0) is 25.1 Å². The second-order valence-electron chi connectivity index (χ2n) is 10.2. The van der Waals surface area contributed by atoms with Gasteiger partial charge in [-0.1, -0.05) is 0 Å². The fraction of sp³-hybridized carbons (Fsp3) is 0.444. The number of aliphatic hydroxyl groups excluding tert-OH is 7. The molecule has 0 spiro atoms. The molecule has 2 fully saturated rings. The van der Waals surface area contributed by atoms with Gasteiger partial charge in [0.25, 0.3) is 0 Å². The van der Waals surface area contributed by atoms with Gasteiger partial charge in [0.2, 0.25) is 6.29 Å². The summed E-state index contributed by atoms with van der Waals surface area (Å²) in [6, 6.07) is 5.69. The summed E-state index contributed by atoms with van der Waals surface area (Å²) in [6.45, 7) is 0.591. The van der Waals surface area contributed by atoms with Crippen LogP contribution in [0.5, 0.6) is 23.0 Å². The molecule has 10 N–H and O–H groups in total. The second kappa shape index (κ2) is 11.3. The Balaban J connectivity index is 1.70. The molecule has 0 aliphatic carbocycles. The molecule has 42 heavy (non-hydrogen) atoms. The molecule has 0 amide bonds. The first-order valence-corrected chi connectivity index (χ1v) is 12.9. The molecule has 1 aromatic heterocycles. The van der Waals surface area contributed by atoms with Gasteiger partial charge in [-0.25, -0.2) is 0 Å². The van der Waals surface area contributed by atoms with Gasteiger partial charge in [-0.2, -0.15) is 0 Å². The van der Waals surface area contributed by atoms with Crippen molar-refractivity contribution in [2.75, 3.05) is 6.61 Å². The molecule has 3 heterocycles. The first-order valence-electron chi connectivity index (χ1n) is 12.9. The van der Waals surface area contributed by atoms with Crippen molar-refractivity contribution in [2.24, 2.45) is 0 Å². The van der Waals surface area contributed by atoms with Crippen LogP contribution in [0.15, 0.2) is 39.5 Å². The Hall–Kier alpha value is -3.51. The van der Waals surface area contributed by atoms with Gasteiger partial charge in [0.15, 0.2) is 16.9 Å². The van der Waals surface area contributed by atoms with Crippen molar-refractivity contribution in [1.29, 1.82) is 0 Å². The lowest BCUT2D eigenvalue weighted by molar-refractivity contribution is -0.269. The van der Waals surface area contributed by atoms with Gasteiger partial charge in [0, 0.05) is 17.7 Å². The van der Waals surface area contributed by atoms with Crippen LogP contribution in [-0.2, 0) is 9.47 Å². The van der Waals surface area contributed by atoms with E-state index in [9.17, 15) is 55.9 Å². The average molecular weight is 595 g/mol. The maximum absolute atomic E-state index is 13.2. The summed E-state index contributed by atoms with van der Waals surface area (Å²) in [4.78, 5) is 13.2. The summed E-state index contributed by atoms with van der Waals surface area (Å²) >= 11 is 0. The highest BCUT2D eigenvalue weighted by Crippen LogP contribution is 2.46. The normalized spacial score (nSPS) is 33.5. The van der Waals surface area contributed by atoms with E-state index >= 15 is 0 Å². The van der Waals surface area contributed by atoms with Gasteiger partial charge in [-0.3, -0.25) is 4.79 Å². The Morgan fingerprint density at radius 1 is 0.810 bits per heavy atom. The lowest BCUT2D eigenvalue weighted by Crippen LogP contribution is -2.58. The van der Waals surface area contributed by atoms with E-state index in [1.165, 1.54) is 13.0 Å². The SMILES string of the molecule is C[C@@H]1O[C@@H](Oc2cc3oc(-c4ccc(O)c(O)c4)cc(=O)c3c(O)c2C2O[C@H](CO)[C@@H](O)[C@H](O)[C@H]2O)[C@H](O)[C@H](O)[C@H]1O. The highest BCUT2D eigenvalue weighted by atomic mass is 16.7. The van der Waals surface area contributed by atoms with Gasteiger partial charge in [-0.15, -0.1) is 0 Å². The fourth-order valence-electron chi connectivity index (χ4n) is 5.06. The summed E-state index contributed by atoms with van der Waals surface area (Å²) in [7, 11) is 0. The quantitative estimate of drug-likeness (QED) is 0.148. The number of benzene rings is 2. The predicted molar refractivity (Wildman–Crippen MR) is 139 cm³/mol. The van der Waals surface area contributed by atoms with E-state index in [1.807, 2.05) is 0 Å². The number of rotatable bonds is 5. The fourth-order valence-corrected chi connectivity index (χ4v) is 5.06. The van der Waals surface area contributed by atoms with Crippen molar-refractivity contribution in [3.05, 3.63) is 46.1 Å². The lowest BCUT2D eigenvalue weighted by atomic mass is 9.89. The van der Waals surface area contributed by atoms with Crippen LogP contribution in [0.1, 0.15) is 18.6 Å². The van der Waals surface area contributed by atoms with Crippen LogP contribution in [0.3, 0.4) is 0 Å². The van der Waals surface area contributed by atoms with Crippen molar-refractivity contribution >= 4 is 11.0 Å². The Kier molecular flexibility index (Phi) is 8.06. The summed E-state index contributed by atoms with van der Waals surface area (Å²) in [5, 5.41) is 102. The molecule has 0 radical (unpaired) electrons. The molecule has 15 heteroatoms. The van der Waals surface area contributed by atoms with E-state index in [1.54, 1.807) is 0 Å². The van der Waals surface area contributed by atoms with Crippen LogP contribution < -0.4 is 10.2 Å². The smallest absolute Gasteiger partial charge is 0.229 e. The Labute approximate surface area is 236 Å². The van der Waals surface area contributed by atoms with E-state index < -0.39 is 107 Å². The van der Waals surface area contributed by atoms with Crippen LogP contribution in [0.25, 0.3) is 22.3 Å². The first kappa shape index (κ1) is 30.0. The third-order valence-electron chi connectivity index (χ3n) is 7.48. The first-order chi connectivity index (χ1) is 19.8. The zero-order valence-electron chi connectivity index (χ0n) is 21.9. The van der Waals surface area contributed by atoms with E-state index in [2.05, 4.69) is 0 Å². The van der Waals surface area contributed by atoms with Crippen LogP contribution in [0, 0.1) is 0 Å². The van der Waals surface area contributed by atoms with E-state index in [4.69, 9.17) is 18.6 Å². The topological polar surface area (TPSA) is 260 Å². The summed E-state index contributed by atoms with van der Waals surface area (Å²) < 4.78 is 22.7. The van der Waals surface area contributed by atoms with Gasteiger partial charge in [0.05, 0.1) is 18.3 Å². The highest BCUT2D eigenvalue weighted by molar-refractivity contribution is 5.88. The molecule has 0 bridgehead atoms. The number of aromatic hydroxyl groups is 3. The summed E-state index contributed by atoms with van der Waals surface area (Å²) in [6.07, 6.45) is -16.4. The monoisotopic (exact) mass is 594 g/mol. The number of hydrogen-bond acceptors (Lipinski definition) is 15. The lowest BCUT2D eigenvalue weighted by Gasteiger charge is -2.42. The molecular weight excluding hydrogens is 564 g/mol. The van der Waals surface area contributed by atoms with E-state index in [-0.39, 0.29) is 16.9 Å². The number of ether oxygens (including phenoxy) is 3. The molecule has 2 aliphatic rings. The van der Waals surface area contributed by atoms with Gasteiger partial charge < -0.3 is 69.7 Å². The minimum absolute atomic E-state index is 0.102. The van der Waals surface area contributed by atoms with Crippen LogP contribution in [0.2, 0.25) is 0 Å². The molecule has 1 unspecified atom stereocenters. The Morgan fingerprint density at radius 3 is 2.17 bits per heavy atom. The molecule has 2 aromatic carbocycles. The maximum Gasteiger partial charge on any atom is 0.229 e. The van der Waals surface area contributed by atoms with Gasteiger partial charge >= 0.3 is 0 Å². The standard InChI is InChI=1S/C27H30O15/c1-8-19(32)22(35)25(38)27(39-8)42-15-6-14-17(12(31)5-13(40-14)9-2-3-10(29)11(30)4-9)21(34)18(15)26-24(37)23(36)20(33)16(7-28)41-26/h2-6,8,16,19-20,22-30,32-38H,7H2,1H3/t8-,16+,19-,20+,22+,23-,24+,25+,26?,27-/m0/s1. The molecule has 2 aliphatic heterocycles. The van der Waals surface area contributed by atoms with E-state index in [0.29, 0.717) is 0 Å². The van der Waals surface area contributed by atoms with Crippen molar-refractivity contribution < 1.29 is 69.7 Å². The number of aliphatic hydroxyl groups is 7. The van der Waals surface area contributed by atoms with E-state index in [0.717, 1.165) is 24.3 Å². The average Bonchev–Trinajstić information content (AvgIpc) is 2.95. The third-order valence-corrected chi connectivity index (χ3v) is 7.48. The third kappa shape index (κ3) is 5.04. The number of phenolic OH excluding ortho intramolecular Hbond substituents is 3. The molecular formula is C27H30O15. The molecule has 0 saturated carbocycles. The molecule has 10 atom stereocenters. The molecule has 5 rings (SSSR count). The van der Waals surface area contributed by atoms with Crippen molar-refractivity contribution in [1.82, 2.24) is 0 Å². The predicted octanol–water partition coefficient (Wildman–Crippen LogP) is -1.70. The zero-order valence-corrected chi connectivity index (χ0v) is 21.9. The summed E-state index contributed by atoms with van der Waals surface area (Å²) in [5.74, 6) is -2.31. The largest absolute Gasteiger partial charge is 0.506 e. The zero-order chi connectivity index (χ0) is 30.6. The van der Waals surface area contributed by atoms with Gasteiger partial charge in [0.1, 0.15) is 77.1 Å². The Bertz CT molecular complexity index is 1520. The second-order valence-corrected chi connectivity index (χ2v) is 10.2. The van der Waals surface area contributed by atoms with Crippen molar-refractivity contribution in [2.45, 2.75) is 68.1 Å². The Morgan fingerprint density at radius 2 is 1.50 bits per heavy atom. The molecule has 15 nitrogen and oxygen atoms in total. The molecule has 228 valence electrons. The molecule has 2 saturated heterocycles. The minimum Gasteiger partial charge on any atom is -0.506 e. The highest BCUT2D eigenvalue weighted by Gasteiger charge is 2.48. The minimum atomic E-state index is -1.93. The molecule has 3 aromatic rings. The van der Waals surface area contributed by atoms with Crippen molar-refractivity contribution in [3.63, 3.8) is 0 Å². The van der Waals surface area contributed by atoms with Crippen LogP contribution in [-0.4, -0.2) is 113 Å².